The predicted octanol–water partition coefficient (Wildman–Crippen LogP) is 1.58. The standard InChI is InChI=1S/C14H18N6/c1-3-15-12(13-9-16-19-17-13)8-11-10-6-4-5-7-14(10)20(2)18-11/h4-7,9,12,15H,3,8H2,1-2H3,(H,16,17,19). The average Bonchev–Trinajstić information content (AvgIpc) is 3.08. The van der Waals surface area contributed by atoms with Crippen LogP contribution in [-0.2, 0) is 13.5 Å². The lowest BCUT2D eigenvalue weighted by atomic mass is 10.1. The summed E-state index contributed by atoms with van der Waals surface area (Å²) in [5.74, 6) is 0. The lowest BCUT2D eigenvalue weighted by Gasteiger charge is -2.13. The van der Waals surface area contributed by atoms with E-state index >= 15 is 0 Å². The largest absolute Gasteiger partial charge is 0.308 e. The first-order chi connectivity index (χ1) is 9.79. The van der Waals surface area contributed by atoms with E-state index in [1.54, 1.807) is 6.20 Å². The number of nitrogens with one attached hydrogen (secondary N) is 2. The predicted molar refractivity (Wildman–Crippen MR) is 77.2 cm³/mol. The summed E-state index contributed by atoms with van der Waals surface area (Å²) >= 11 is 0. The van der Waals surface area contributed by atoms with Crippen LogP contribution >= 0.6 is 0 Å². The van der Waals surface area contributed by atoms with E-state index in [4.69, 9.17) is 0 Å². The zero-order chi connectivity index (χ0) is 13.9. The first-order valence-electron chi connectivity index (χ1n) is 6.79. The molecule has 2 N–H and O–H groups in total. The number of para-hydroxylation sites is 1. The summed E-state index contributed by atoms with van der Waals surface area (Å²) in [5.41, 5.74) is 3.15. The van der Waals surface area contributed by atoms with Gasteiger partial charge in [-0.05, 0) is 12.6 Å². The van der Waals surface area contributed by atoms with Crippen LogP contribution in [0.3, 0.4) is 0 Å². The molecule has 1 aromatic carbocycles. The molecule has 3 rings (SSSR count). The molecule has 0 spiro atoms. The van der Waals surface area contributed by atoms with Crippen molar-refractivity contribution >= 4 is 10.9 Å². The summed E-state index contributed by atoms with van der Waals surface area (Å²) in [6.45, 7) is 2.96. The van der Waals surface area contributed by atoms with Crippen molar-refractivity contribution in [1.29, 1.82) is 0 Å². The monoisotopic (exact) mass is 270 g/mol. The van der Waals surface area contributed by atoms with Gasteiger partial charge >= 0.3 is 0 Å². The number of hydrogen-bond acceptors (Lipinski definition) is 4. The second kappa shape index (κ2) is 5.42. The second-order valence-corrected chi connectivity index (χ2v) is 4.80. The first-order valence-corrected chi connectivity index (χ1v) is 6.79. The van der Waals surface area contributed by atoms with Crippen molar-refractivity contribution in [3.8, 4) is 0 Å². The fraction of sp³-hybridized carbons (Fsp3) is 0.357. The van der Waals surface area contributed by atoms with Gasteiger partial charge in [-0.3, -0.25) is 4.68 Å². The van der Waals surface area contributed by atoms with Gasteiger partial charge in [-0.15, -0.1) is 0 Å². The number of benzene rings is 1. The second-order valence-electron chi connectivity index (χ2n) is 4.80. The number of nitrogens with zero attached hydrogens (tertiary/aromatic N) is 4. The summed E-state index contributed by atoms with van der Waals surface area (Å²) in [5, 5.41) is 20.0. The van der Waals surface area contributed by atoms with Gasteiger partial charge in [-0.2, -0.15) is 20.5 Å². The van der Waals surface area contributed by atoms with Crippen LogP contribution in [0.15, 0.2) is 30.5 Å². The van der Waals surface area contributed by atoms with Crippen molar-refractivity contribution in [2.75, 3.05) is 6.54 Å². The molecule has 0 fully saturated rings. The van der Waals surface area contributed by atoms with Crippen LogP contribution in [0.25, 0.3) is 10.9 Å². The van der Waals surface area contributed by atoms with Crippen LogP contribution in [0.1, 0.15) is 24.4 Å². The molecule has 6 heteroatoms. The Kier molecular flexibility index (Phi) is 3.47. The summed E-state index contributed by atoms with van der Waals surface area (Å²) in [6.07, 6.45) is 2.56. The third kappa shape index (κ3) is 2.30. The van der Waals surface area contributed by atoms with E-state index in [1.807, 2.05) is 23.9 Å². The lowest BCUT2D eigenvalue weighted by molar-refractivity contribution is 0.528. The van der Waals surface area contributed by atoms with E-state index in [1.165, 1.54) is 5.39 Å². The number of hydrogen-bond donors (Lipinski definition) is 2. The Balaban J connectivity index is 1.94. The quantitative estimate of drug-likeness (QED) is 0.738. The SMILES string of the molecule is CCNC(Cc1nn(C)c2ccccc12)c1cn[nH]n1. The van der Waals surface area contributed by atoms with Crippen molar-refractivity contribution in [2.24, 2.45) is 7.05 Å². The molecule has 0 saturated heterocycles. The minimum absolute atomic E-state index is 0.122. The Labute approximate surface area is 117 Å². The van der Waals surface area contributed by atoms with Gasteiger partial charge in [0, 0.05) is 18.9 Å². The number of fused-ring (bicyclic) bond motifs is 1. The number of H-pyrrole nitrogens is 1. The fourth-order valence-corrected chi connectivity index (χ4v) is 2.54. The molecule has 0 saturated carbocycles. The highest BCUT2D eigenvalue weighted by molar-refractivity contribution is 5.81. The van der Waals surface area contributed by atoms with Gasteiger partial charge in [0.15, 0.2) is 0 Å². The van der Waals surface area contributed by atoms with Gasteiger partial charge in [0.05, 0.1) is 29.1 Å². The van der Waals surface area contributed by atoms with E-state index in [9.17, 15) is 0 Å². The average molecular weight is 270 g/mol. The molecule has 3 aromatic rings. The van der Waals surface area contributed by atoms with Crippen LogP contribution in [0.4, 0.5) is 0 Å². The minimum Gasteiger partial charge on any atom is -0.308 e. The van der Waals surface area contributed by atoms with Crippen molar-refractivity contribution in [2.45, 2.75) is 19.4 Å². The van der Waals surface area contributed by atoms with Gasteiger partial charge < -0.3 is 5.32 Å². The number of aromatic amines is 1. The Hall–Kier alpha value is -2.21. The maximum atomic E-state index is 4.64. The van der Waals surface area contributed by atoms with Crippen LogP contribution < -0.4 is 5.32 Å². The Morgan fingerprint density at radius 2 is 2.20 bits per heavy atom. The molecule has 0 bridgehead atoms. The molecule has 0 aliphatic heterocycles. The molecule has 0 amide bonds. The maximum absolute atomic E-state index is 4.64. The highest BCUT2D eigenvalue weighted by Gasteiger charge is 2.17. The van der Waals surface area contributed by atoms with Crippen LogP contribution in [0.2, 0.25) is 0 Å². The van der Waals surface area contributed by atoms with Gasteiger partial charge in [-0.25, -0.2) is 0 Å². The number of aryl methyl sites for hydroxylation is 1. The third-order valence-corrected chi connectivity index (χ3v) is 3.47. The number of rotatable bonds is 5. The van der Waals surface area contributed by atoms with Gasteiger partial charge in [0.2, 0.25) is 0 Å². The molecular weight excluding hydrogens is 252 g/mol. The van der Waals surface area contributed by atoms with Crippen molar-refractivity contribution < 1.29 is 0 Å². The molecule has 0 aliphatic rings. The molecule has 1 atom stereocenters. The highest BCUT2D eigenvalue weighted by atomic mass is 15.3. The molecule has 0 radical (unpaired) electrons. The molecule has 2 aromatic heterocycles. The zero-order valence-electron chi connectivity index (χ0n) is 11.7. The van der Waals surface area contributed by atoms with E-state index in [0.717, 1.165) is 29.9 Å². The van der Waals surface area contributed by atoms with E-state index in [-0.39, 0.29) is 6.04 Å². The zero-order valence-corrected chi connectivity index (χ0v) is 11.7. The van der Waals surface area contributed by atoms with Crippen LogP contribution in [0, 0.1) is 0 Å². The Morgan fingerprint density at radius 3 is 2.95 bits per heavy atom. The molecule has 1 unspecified atom stereocenters. The van der Waals surface area contributed by atoms with Crippen LogP contribution in [0.5, 0.6) is 0 Å². The van der Waals surface area contributed by atoms with Crippen molar-refractivity contribution in [1.82, 2.24) is 30.5 Å². The fourth-order valence-electron chi connectivity index (χ4n) is 2.54. The van der Waals surface area contributed by atoms with Gasteiger partial charge in [0.1, 0.15) is 0 Å². The Bertz CT molecular complexity index is 685. The molecule has 2 heterocycles. The third-order valence-electron chi connectivity index (χ3n) is 3.47. The molecule has 20 heavy (non-hydrogen) atoms. The van der Waals surface area contributed by atoms with Crippen molar-refractivity contribution in [3.63, 3.8) is 0 Å². The van der Waals surface area contributed by atoms with E-state index < -0.39 is 0 Å². The molecular formula is C14H18N6. The van der Waals surface area contributed by atoms with Crippen molar-refractivity contribution in [3.05, 3.63) is 41.9 Å². The Morgan fingerprint density at radius 1 is 1.35 bits per heavy atom. The topological polar surface area (TPSA) is 71.4 Å². The lowest BCUT2D eigenvalue weighted by Crippen LogP contribution is -2.23. The summed E-state index contributed by atoms with van der Waals surface area (Å²) in [7, 11) is 1.98. The summed E-state index contributed by atoms with van der Waals surface area (Å²) in [6, 6.07) is 8.41. The normalized spacial score (nSPS) is 12.9. The summed E-state index contributed by atoms with van der Waals surface area (Å²) in [4.78, 5) is 0. The smallest absolute Gasteiger partial charge is 0.0997 e. The molecule has 6 nitrogen and oxygen atoms in total. The summed E-state index contributed by atoms with van der Waals surface area (Å²) < 4.78 is 1.93. The highest BCUT2D eigenvalue weighted by Crippen LogP contribution is 2.22. The molecule has 0 aliphatic carbocycles. The van der Waals surface area contributed by atoms with Gasteiger partial charge in [0.25, 0.3) is 0 Å². The number of likely N-dealkylation sites (N-methyl/N-ethyl adjacent to an activating group) is 1. The first kappa shape index (κ1) is 12.8. The van der Waals surface area contributed by atoms with Crippen LogP contribution in [-0.4, -0.2) is 31.7 Å². The molecule has 104 valence electrons. The maximum Gasteiger partial charge on any atom is 0.0997 e. The van der Waals surface area contributed by atoms with E-state index in [2.05, 4.69) is 44.9 Å². The van der Waals surface area contributed by atoms with E-state index in [0.29, 0.717) is 0 Å². The minimum atomic E-state index is 0.122. The van der Waals surface area contributed by atoms with Gasteiger partial charge in [-0.1, -0.05) is 25.1 Å². The number of aromatic nitrogens is 5.